The fraction of sp³-hybridized carbons (Fsp3) is 0.364. The van der Waals surface area contributed by atoms with Crippen molar-refractivity contribution in [2.24, 2.45) is 0 Å². The summed E-state index contributed by atoms with van der Waals surface area (Å²) in [6.45, 7) is 7.06. The zero-order chi connectivity index (χ0) is 21.1. The second kappa shape index (κ2) is 9.07. The molecule has 1 N–H and O–H groups in total. The Hall–Kier alpha value is -2.55. The van der Waals surface area contributed by atoms with Crippen LogP contribution in [0.15, 0.2) is 40.8 Å². The molecule has 6 nitrogen and oxygen atoms in total. The summed E-state index contributed by atoms with van der Waals surface area (Å²) in [6, 6.07) is 9.97. The number of nitrogens with zero attached hydrogens (tertiary/aromatic N) is 2. The first-order valence-corrected chi connectivity index (χ1v) is 10.7. The molecule has 1 aliphatic rings. The molecule has 0 saturated carbocycles. The van der Waals surface area contributed by atoms with Crippen molar-refractivity contribution in [2.75, 3.05) is 32.8 Å². The third kappa shape index (κ3) is 4.61. The lowest BCUT2D eigenvalue weighted by Gasteiger charge is -2.33. The largest absolute Gasteiger partial charge is 0.465 e. The lowest BCUT2D eigenvalue weighted by molar-refractivity contribution is 0.0117. The van der Waals surface area contributed by atoms with Gasteiger partial charge in [-0.05, 0) is 50.2 Å². The molecule has 0 spiro atoms. The summed E-state index contributed by atoms with van der Waals surface area (Å²) in [5.74, 6) is 1.21. The molecule has 3 aromatic rings. The van der Waals surface area contributed by atoms with Gasteiger partial charge < -0.3 is 14.5 Å². The molecule has 158 valence electrons. The highest BCUT2D eigenvalue weighted by atomic mass is 32.1. The zero-order valence-corrected chi connectivity index (χ0v) is 17.8. The molecule has 1 fully saturated rings. The van der Waals surface area contributed by atoms with Crippen molar-refractivity contribution in [3.05, 3.63) is 64.3 Å². The van der Waals surface area contributed by atoms with E-state index in [0.717, 1.165) is 30.2 Å². The Labute approximate surface area is 178 Å². The molecular weight excluding hydrogens is 405 g/mol. The van der Waals surface area contributed by atoms with Crippen molar-refractivity contribution in [2.45, 2.75) is 19.9 Å². The van der Waals surface area contributed by atoms with Gasteiger partial charge in [-0.25, -0.2) is 9.37 Å². The molecule has 0 bridgehead atoms. The zero-order valence-electron chi connectivity index (χ0n) is 17.0. The predicted molar refractivity (Wildman–Crippen MR) is 113 cm³/mol. The number of nitrogens with one attached hydrogen (secondary N) is 1. The first-order chi connectivity index (χ1) is 14.5. The summed E-state index contributed by atoms with van der Waals surface area (Å²) in [7, 11) is 0. The SMILES string of the molecule is Cc1ccc(C(CNC(=O)c2sc(-c3ccc(F)cc3)nc2C)N2CCOCC2)o1. The first-order valence-electron chi connectivity index (χ1n) is 9.91. The van der Waals surface area contributed by atoms with Gasteiger partial charge >= 0.3 is 0 Å². The number of halogens is 1. The molecule has 0 radical (unpaired) electrons. The second-order valence-electron chi connectivity index (χ2n) is 7.26. The third-order valence-electron chi connectivity index (χ3n) is 5.13. The minimum Gasteiger partial charge on any atom is -0.465 e. The fourth-order valence-electron chi connectivity index (χ4n) is 3.52. The van der Waals surface area contributed by atoms with Crippen LogP contribution in [0.25, 0.3) is 10.6 Å². The van der Waals surface area contributed by atoms with Crippen LogP contribution in [0.1, 0.15) is 32.9 Å². The molecule has 30 heavy (non-hydrogen) atoms. The van der Waals surface area contributed by atoms with Gasteiger partial charge in [0.15, 0.2) is 0 Å². The highest BCUT2D eigenvalue weighted by molar-refractivity contribution is 7.17. The van der Waals surface area contributed by atoms with E-state index in [1.165, 1.54) is 23.5 Å². The lowest BCUT2D eigenvalue weighted by atomic mass is 10.1. The molecule has 3 heterocycles. The number of furan rings is 1. The molecule has 0 aliphatic carbocycles. The Bertz CT molecular complexity index is 1010. The van der Waals surface area contributed by atoms with Crippen LogP contribution in [0.3, 0.4) is 0 Å². The quantitative estimate of drug-likeness (QED) is 0.642. The Kier molecular flexibility index (Phi) is 6.26. The Morgan fingerprint density at radius 2 is 1.93 bits per heavy atom. The van der Waals surface area contributed by atoms with Gasteiger partial charge in [0.25, 0.3) is 5.91 Å². The monoisotopic (exact) mass is 429 g/mol. The van der Waals surface area contributed by atoms with Gasteiger partial charge in [-0.1, -0.05) is 0 Å². The number of carbonyl (C=O) groups excluding carboxylic acids is 1. The molecule has 2 aromatic heterocycles. The molecule has 1 atom stereocenters. The Morgan fingerprint density at radius 1 is 1.20 bits per heavy atom. The highest BCUT2D eigenvalue weighted by Crippen LogP contribution is 2.29. The van der Waals surface area contributed by atoms with E-state index in [-0.39, 0.29) is 17.8 Å². The fourth-order valence-corrected chi connectivity index (χ4v) is 4.51. The molecular formula is C22H24FN3O3S. The van der Waals surface area contributed by atoms with E-state index >= 15 is 0 Å². The van der Waals surface area contributed by atoms with E-state index in [1.807, 2.05) is 26.0 Å². The number of ether oxygens (including phenoxy) is 1. The first kappa shape index (κ1) is 20.7. The Morgan fingerprint density at radius 3 is 2.60 bits per heavy atom. The number of aromatic nitrogens is 1. The number of carbonyl (C=O) groups is 1. The molecule has 1 aromatic carbocycles. The van der Waals surface area contributed by atoms with Gasteiger partial charge in [0, 0.05) is 25.2 Å². The average Bonchev–Trinajstić information content (AvgIpc) is 3.35. The normalized spacial score (nSPS) is 15.8. The van der Waals surface area contributed by atoms with Crippen molar-refractivity contribution in [1.29, 1.82) is 0 Å². The van der Waals surface area contributed by atoms with Crippen LogP contribution in [0, 0.1) is 19.7 Å². The number of thiazole rings is 1. The van der Waals surface area contributed by atoms with E-state index in [4.69, 9.17) is 9.15 Å². The van der Waals surface area contributed by atoms with E-state index in [0.29, 0.717) is 35.3 Å². The van der Waals surface area contributed by atoms with E-state index in [2.05, 4.69) is 15.2 Å². The summed E-state index contributed by atoms with van der Waals surface area (Å²) in [5.41, 5.74) is 1.45. The molecule has 4 rings (SSSR count). The average molecular weight is 430 g/mol. The smallest absolute Gasteiger partial charge is 0.263 e. The van der Waals surface area contributed by atoms with E-state index in [1.54, 1.807) is 12.1 Å². The maximum absolute atomic E-state index is 13.2. The summed E-state index contributed by atoms with van der Waals surface area (Å²) in [4.78, 5) is 20.2. The summed E-state index contributed by atoms with van der Waals surface area (Å²) in [6.07, 6.45) is 0. The number of rotatable bonds is 6. The highest BCUT2D eigenvalue weighted by Gasteiger charge is 2.26. The van der Waals surface area contributed by atoms with Gasteiger partial charge in [-0.15, -0.1) is 11.3 Å². The lowest BCUT2D eigenvalue weighted by Crippen LogP contribution is -2.43. The van der Waals surface area contributed by atoms with Crippen molar-refractivity contribution in [3.63, 3.8) is 0 Å². The third-order valence-corrected chi connectivity index (χ3v) is 6.33. The minimum atomic E-state index is -0.299. The number of hydrogen-bond donors (Lipinski definition) is 1. The van der Waals surface area contributed by atoms with Crippen LogP contribution in [0.2, 0.25) is 0 Å². The molecule has 1 unspecified atom stereocenters. The van der Waals surface area contributed by atoms with Crippen molar-refractivity contribution in [1.82, 2.24) is 15.2 Å². The molecule has 8 heteroatoms. The number of amides is 1. The number of benzene rings is 1. The summed E-state index contributed by atoms with van der Waals surface area (Å²) < 4.78 is 24.5. The van der Waals surface area contributed by atoms with Crippen LogP contribution < -0.4 is 5.32 Å². The van der Waals surface area contributed by atoms with E-state index < -0.39 is 0 Å². The van der Waals surface area contributed by atoms with Crippen molar-refractivity contribution < 1.29 is 18.3 Å². The van der Waals surface area contributed by atoms with Crippen LogP contribution in [-0.4, -0.2) is 48.6 Å². The van der Waals surface area contributed by atoms with Gasteiger partial charge in [0.2, 0.25) is 0 Å². The van der Waals surface area contributed by atoms with E-state index in [9.17, 15) is 9.18 Å². The molecule has 1 amide bonds. The van der Waals surface area contributed by atoms with Gasteiger partial charge in [-0.2, -0.15) is 0 Å². The summed E-state index contributed by atoms with van der Waals surface area (Å²) in [5, 5.41) is 3.75. The standard InChI is InChI=1S/C22H24FN3O3S/c1-14-3-8-19(29-14)18(26-9-11-28-12-10-26)13-24-21(27)20-15(2)25-22(30-20)16-4-6-17(23)7-5-16/h3-8,18H,9-13H2,1-2H3,(H,24,27). The van der Waals surface area contributed by atoms with Crippen molar-refractivity contribution >= 4 is 17.2 Å². The topological polar surface area (TPSA) is 67.6 Å². The van der Waals surface area contributed by atoms with Crippen molar-refractivity contribution in [3.8, 4) is 10.6 Å². The predicted octanol–water partition coefficient (Wildman–Crippen LogP) is 3.96. The minimum absolute atomic E-state index is 0.0589. The Balaban J connectivity index is 1.48. The molecule has 1 saturated heterocycles. The van der Waals surface area contributed by atoms with Gasteiger partial charge in [0.1, 0.15) is 27.2 Å². The van der Waals surface area contributed by atoms with Crippen LogP contribution in [0.5, 0.6) is 0 Å². The van der Waals surface area contributed by atoms with Gasteiger partial charge in [0.05, 0.1) is 24.9 Å². The maximum atomic E-state index is 13.2. The van der Waals surface area contributed by atoms with Crippen LogP contribution in [-0.2, 0) is 4.74 Å². The molecule has 1 aliphatic heterocycles. The van der Waals surface area contributed by atoms with Crippen LogP contribution >= 0.6 is 11.3 Å². The number of hydrogen-bond acceptors (Lipinski definition) is 6. The maximum Gasteiger partial charge on any atom is 0.263 e. The van der Waals surface area contributed by atoms with Gasteiger partial charge in [-0.3, -0.25) is 9.69 Å². The number of aryl methyl sites for hydroxylation is 2. The second-order valence-corrected chi connectivity index (χ2v) is 8.26. The van der Waals surface area contributed by atoms with Crippen LogP contribution in [0.4, 0.5) is 4.39 Å². The summed E-state index contributed by atoms with van der Waals surface area (Å²) >= 11 is 1.31. The number of morpholine rings is 1.